The van der Waals surface area contributed by atoms with E-state index in [1.54, 1.807) is 30.3 Å². The van der Waals surface area contributed by atoms with E-state index in [-0.39, 0.29) is 5.56 Å². The second-order valence-electron chi connectivity index (χ2n) is 3.84. The molecule has 2 aromatic carbocycles. The van der Waals surface area contributed by atoms with E-state index in [0.29, 0.717) is 26.9 Å². The van der Waals surface area contributed by atoms with Crippen molar-refractivity contribution >= 4 is 29.2 Å². The first-order chi connectivity index (χ1) is 9.02. The lowest BCUT2D eigenvalue weighted by atomic mass is 9.99. The minimum Gasteiger partial charge on any atom is -0.496 e. The fourth-order valence-electron chi connectivity index (χ4n) is 1.82. The predicted molar refractivity (Wildman–Crippen MR) is 75.4 cm³/mol. The maximum absolute atomic E-state index is 11.3. The third kappa shape index (κ3) is 2.83. The van der Waals surface area contributed by atoms with Crippen LogP contribution in [0.2, 0.25) is 10.0 Å². The molecule has 0 aromatic heterocycles. The Kier molecular flexibility index (Phi) is 3.98. The average molecular weight is 297 g/mol. The molecule has 0 bridgehead atoms. The Bertz CT molecular complexity index is 639. The summed E-state index contributed by atoms with van der Waals surface area (Å²) in [5, 5.41) is 10.1. The Hall–Kier alpha value is -1.71. The second kappa shape index (κ2) is 5.51. The molecule has 1 N–H and O–H groups in total. The molecule has 0 aliphatic rings. The molecular formula is C14H10Cl2O3. The van der Waals surface area contributed by atoms with Crippen molar-refractivity contribution in [3.63, 3.8) is 0 Å². The van der Waals surface area contributed by atoms with Gasteiger partial charge in [0.25, 0.3) is 0 Å². The topological polar surface area (TPSA) is 46.5 Å². The summed E-state index contributed by atoms with van der Waals surface area (Å²) >= 11 is 11.8. The molecule has 2 rings (SSSR count). The molecule has 0 unspecified atom stereocenters. The molecule has 0 amide bonds. The van der Waals surface area contributed by atoms with Crippen LogP contribution in [0, 0.1) is 0 Å². The molecule has 98 valence electrons. The Balaban J connectivity index is 2.71. The molecule has 5 heteroatoms. The van der Waals surface area contributed by atoms with Crippen LogP contribution in [-0.2, 0) is 0 Å². The van der Waals surface area contributed by atoms with Gasteiger partial charge in [-0.2, -0.15) is 0 Å². The van der Waals surface area contributed by atoms with Gasteiger partial charge in [0.15, 0.2) is 0 Å². The van der Waals surface area contributed by atoms with E-state index in [9.17, 15) is 9.90 Å². The molecule has 0 saturated heterocycles. The SMILES string of the molecule is COc1ccc(Cl)cc1-c1ccc(Cl)cc1C(=O)O. The molecule has 0 atom stereocenters. The normalized spacial score (nSPS) is 10.3. The minimum atomic E-state index is -1.06. The number of carboxylic acids is 1. The molecular weight excluding hydrogens is 287 g/mol. The maximum Gasteiger partial charge on any atom is 0.336 e. The molecule has 3 nitrogen and oxygen atoms in total. The molecule has 2 aromatic rings. The Morgan fingerprint density at radius 3 is 2.32 bits per heavy atom. The highest BCUT2D eigenvalue weighted by molar-refractivity contribution is 6.31. The number of halogens is 2. The fraction of sp³-hybridized carbons (Fsp3) is 0.0714. The average Bonchev–Trinajstić information content (AvgIpc) is 2.38. The van der Waals surface area contributed by atoms with E-state index in [1.807, 2.05) is 0 Å². The number of ether oxygens (including phenoxy) is 1. The van der Waals surface area contributed by atoms with E-state index in [4.69, 9.17) is 27.9 Å². The highest BCUT2D eigenvalue weighted by atomic mass is 35.5. The summed E-state index contributed by atoms with van der Waals surface area (Å²) < 4.78 is 5.24. The smallest absolute Gasteiger partial charge is 0.336 e. The van der Waals surface area contributed by atoms with Gasteiger partial charge in [-0.25, -0.2) is 4.79 Å². The summed E-state index contributed by atoms with van der Waals surface area (Å²) in [5.74, 6) is -0.506. The number of rotatable bonds is 3. The Labute approximate surface area is 120 Å². The summed E-state index contributed by atoms with van der Waals surface area (Å²) in [6.45, 7) is 0. The highest BCUT2D eigenvalue weighted by Gasteiger charge is 2.16. The van der Waals surface area contributed by atoms with Gasteiger partial charge in [0.1, 0.15) is 5.75 Å². The van der Waals surface area contributed by atoms with Crippen molar-refractivity contribution in [3.05, 3.63) is 52.0 Å². The zero-order valence-corrected chi connectivity index (χ0v) is 11.5. The van der Waals surface area contributed by atoms with E-state index < -0.39 is 5.97 Å². The summed E-state index contributed by atoms with van der Waals surface area (Å²) in [6.07, 6.45) is 0. The molecule has 0 radical (unpaired) electrons. The van der Waals surface area contributed by atoms with Crippen LogP contribution in [-0.4, -0.2) is 18.2 Å². The van der Waals surface area contributed by atoms with Gasteiger partial charge in [0.2, 0.25) is 0 Å². The van der Waals surface area contributed by atoms with Crippen molar-refractivity contribution in [2.75, 3.05) is 7.11 Å². The lowest BCUT2D eigenvalue weighted by molar-refractivity contribution is 0.0697. The summed E-state index contributed by atoms with van der Waals surface area (Å²) in [4.78, 5) is 11.3. The maximum atomic E-state index is 11.3. The predicted octanol–water partition coefficient (Wildman–Crippen LogP) is 4.37. The van der Waals surface area contributed by atoms with Gasteiger partial charge < -0.3 is 9.84 Å². The van der Waals surface area contributed by atoms with Crippen LogP contribution in [0.3, 0.4) is 0 Å². The van der Waals surface area contributed by atoms with E-state index in [0.717, 1.165) is 0 Å². The van der Waals surface area contributed by atoms with Crippen molar-refractivity contribution < 1.29 is 14.6 Å². The number of hydrogen-bond donors (Lipinski definition) is 1. The van der Waals surface area contributed by atoms with E-state index in [1.165, 1.54) is 13.2 Å². The zero-order chi connectivity index (χ0) is 14.0. The lowest BCUT2D eigenvalue weighted by Gasteiger charge is -2.12. The Morgan fingerprint density at radius 2 is 1.68 bits per heavy atom. The van der Waals surface area contributed by atoms with Crippen LogP contribution in [0.1, 0.15) is 10.4 Å². The zero-order valence-electron chi connectivity index (χ0n) is 9.98. The molecule has 19 heavy (non-hydrogen) atoms. The van der Waals surface area contributed by atoms with Crippen LogP contribution in [0.15, 0.2) is 36.4 Å². The monoisotopic (exact) mass is 296 g/mol. The molecule has 0 aliphatic carbocycles. The first-order valence-corrected chi connectivity index (χ1v) is 6.15. The van der Waals surface area contributed by atoms with Crippen LogP contribution in [0.5, 0.6) is 5.75 Å². The van der Waals surface area contributed by atoms with E-state index >= 15 is 0 Å². The number of methoxy groups -OCH3 is 1. The van der Waals surface area contributed by atoms with Gasteiger partial charge >= 0.3 is 5.97 Å². The third-order valence-corrected chi connectivity index (χ3v) is 3.13. The number of carboxylic acid groups (broad SMARTS) is 1. The van der Waals surface area contributed by atoms with Gasteiger partial charge in [-0.05, 0) is 30.3 Å². The van der Waals surface area contributed by atoms with Crippen molar-refractivity contribution in [3.8, 4) is 16.9 Å². The lowest BCUT2D eigenvalue weighted by Crippen LogP contribution is -2.00. The number of benzene rings is 2. The van der Waals surface area contributed by atoms with Gasteiger partial charge in [0.05, 0.1) is 12.7 Å². The van der Waals surface area contributed by atoms with Crippen LogP contribution in [0.25, 0.3) is 11.1 Å². The Morgan fingerprint density at radius 1 is 1.05 bits per heavy atom. The second-order valence-corrected chi connectivity index (χ2v) is 4.71. The van der Waals surface area contributed by atoms with Crippen LogP contribution >= 0.6 is 23.2 Å². The quantitative estimate of drug-likeness (QED) is 0.915. The van der Waals surface area contributed by atoms with Crippen molar-refractivity contribution in [1.29, 1.82) is 0 Å². The molecule has 0 fully saturated rings. The summed E-state index contributed by atoms with van der Waals surface area (Å²) in [6, 6.07) is 9.71. The van der Waals surface area contributed by atoms with Crippen LogP contribution in [0.4, 0.5) is 0 Å². The first-order valence-electron chi connectivity index (χ1n) is 5.39. The third-order valence-electron chi connectivity index (χ3n) is 2.66. The highest BCUT2D eigenvalue weighted by Crippen LogP contribution is 2.35. The molecule has 0 aliphatic heterocycles. The van der Waals surface area contributed by atoms with Crippen molar-refractivity contribution in [2.45, 2.75) is 0 Å². The van der Waals surface area contributed by atoms with Gasteiger partial charge in [-0.15, -0.1) is 0 Å². The summed E-state index contributed by atoms with van der Waals surface area (Å²) in [7, 11) is 1.52. The molecule has 0 saturated carbocycles. The van der Waals surface area contributed by atoms with Gasteiger partial charge in [-0.1, -0.05) is 29.3 Å². The van der Waals surface area contributed by atoms with Crippen LogP contribution < -0.4 is 4.74 Å². The number of carbonyl (C=O) groups is 1. The minimum absolute atomic E-state index is 0.105. The first kappa shape index (κ1) is 13.7. The van der Waals surface area contributed by atoms with Crippen molar-refractivity contribution in [2.24, 2.45) is 0 Å². The van der Waals surface area contributed by atoms with Crippen molar-refractivity contribution in [1.82, 2.24) is 0 Å². The van der Waals surface area contributed by atoms with Gasteiger partial charge in [0, 0.05) is 21.2 Å². The molecule has 0 heterocycles. The molecule has 0 spiro atoms. The number of aromatic carboxylic acids is 1. The number of hydrogen-bond acceptors (Lipinski definition) is 2. The summed E-state index contributed by atoms with van der Waals surface area (Å²) in [5.41, 5.74) is 1.23. The fourth-order valence-corrected chi connectivity index (χ4v) is 2.16. The standard InChI is InChI=1S/C14H10Cl2O3/c1-19-13-5-3-9(16)6-11(13)10-4-2-8(15)7-12(10)14(17)18/h2-7H,1H3,(H,17,18). The van der Waals surface area contributed by atoms with E-state index in [2.05, 4.69) is 0 Å². The van der Waals surface area contributed by atoms with Gasteiger partial charge in [-0.3, -0.25) is 0 Å². The largest absolute Gasteiger partial charge is 0.496 e.